The predicted octanol–water partition coefficient (Wildman–Crippen LogP) is 5.85. The number of methoxy groups -OCH3 is 1. The van der Waals surface area contributed by atoms with Crippen LogP contribution in [0.5, 0.6) is 0 Å². The van der Waals surface area contributed by atoms with Crippen LogP contribution in [0.1, 0.15) is 89.3 Å². The maximum atomic E-state index is 14.7. The van der Waals surface area contributed by atoms with Crippen molar-refractivity contribution >= 4 is 45.9 Å². The smallest absolute Gasteiger partial charge is 0.324 e. The van der Waals surface area contributed by atoms with E-state index in [4.69, 9.17) is 24.2 Å². The number of carbonyl (C=O) groups is 4. The van der Waals surface area contributed by atoms with Crippen molar-refractivity contribution in [2.45, 2.75) is 98.1 Å². The van der Waals surface area contributed by atoms with Crippen molar-refractivity contribution < 1.29 is 33.4 Å². The molecule has 3 aromatic heterocycles. The number of nitrogens with one attached hydrogen (secondary N) is 2. The SMILES string of the molecule is CCO[C@@H]1c2nc(cs2)-c2ccc3c(c2)c(c(-c2cccnc2[C@H](C)OC)n3CC)CC(C)(C)COC(=O)[C@@H]2CCCN(N2)C(=O)[C@H]1NC(=O)[C@@H]1[C@@H](C)[C@H]1C(=O)N1CCC1. The van der Waals surface area contributed by atoms with E-state index in [-0.39, 0.29) is 37.0 Å². The first-order chi connectivity index (χ1) is 28.8. The number of thiazole rings is 1. The normalized spacial score (nSPS) is 25.9. The second-order valence-electron chi connectivity index (χ2n) is 17.4. The molecule has 1 aromatic carbocycles. The summed E-state index contributed by atoms with van der Waals surface area (Å²) in [5, 5.41) is 7.99. The molecular weight excluding hydrogens is 783 g/mol. The molecule has 15 heteroatoms. The maximum Gasteiger partial charge on any atom is 0.324 e. The molecule has 1 saturated carbocycles. The van der Waals surface area contributed by atoms with Gasteiger partial charge in [0, 0.05) is 78.9 Å². The van der Waals surface area contributed by atoms with Gasteiger partial charge in [0.1, 0.15) is 23.2 Å². The molecule has 7 atom stereocenters. The van der Waals surface area contributed by atoms with Gasteiger partial charge in [0.05, 0.1) is 41.6 Å². The van der Waals surface area contributed by atoms with Crippen LogP contribution in [-0.2, 0) is 46.4 Å². The minimum atomic E-state index is -1.19. The van der Waals surface area contributed by atoms with E-state index in [9.17, 15) is 19.2 Å². The van der Waals surface area contributed by atoms with Crippen molar-refractivity contribution in [3.05, 3.63) is 58.2 Å². The highest BCUT2D eigenvalue weighted by Crippen LogP contribution is 2.48. The van der Waals surface area contributed by atoms with Crippen LogP contribution in [0.25, 0.3) is 33.4 Å². The molecule has 4 aliphatic rings. The number of amides is 3. The molecule has 3 amide bonds. The van der Waals surface area contributed by atoms with Gasteiger partial charge >= 0.3 is 5.97 Å². The Bertz CT molecular complexity index is 2280. The number of nitrogens with zero attached hydrogens (tertiary/aromatic N) is 5. The third-order valence-corrected chi connectivity index (χ3v) is 13.6. The van der Waals surface area contributed by atoms with Gasteiger partial charge in [-0.25, -0.2) is 10.4 Å². The van der Waals surface area contributed by atoms with Crippen LogP contribution in [0, 0.1) is 23.2 Å². The summed E-state index contributed by atoms with van der Waals surface area (Å²) in [7, 11) is 1.69. The number of cyclic esters (lactones) is 1. The molecule has 320 valence electrons. The van der Waals surface area contributed by atoms with Crippen LogP contribution >= 0.6 is 11.3 Å². The van der Waals surface area contributed by atoms with E-state index in [1.165, 1.54) is 16.3 Å². The third-order valence-electron chi connectivity index (χ3n) is 12.7. The number of ether oxygens (including phenoxy) is 3. The van der Waals surface area contributed by atoms with Gasteiger partial charge in [-0.2, -0.15) is 0 Å². The van der Waals surface area contributed by atoms with Gasteiger partial charge in [-0.05, 0) is 82.2 Å². The lowest BCUT2D eigenvalue weighted by Gasteiger charge is -2.37. The van der Waals surface area contributed by atoms with Crippen LogP contribution in [0.4, 0.5) is 0 Å². The van der Waals surface area contributed by atoms with Crippen LogP contribution < -0.4 is 10.7 Å². The molecule has 0 unspecified atom stereocenters. The van der Waals surface area contributed by atoms with E-state index in [2.05, 4.69) is 60.3 Å². The summed E-state index contributed by atoms with van der Waals surface area (Å²) in [6, 6.07) is 8.44. The zero-order chi connectivity index (χ0) is 42.5. The lowest BCUT2D eigenvalue weighted by atomic mass is 9.84. The van der Waals surface area contributed by atoms with Gasteiger partial charge in [0.15, 0.2) is 0 Å². The molecule has 8 rings (SSSR count). The van der Waals surface area contributed by atoms with E-state index in [0.29, 0.717) is 56.1 Å². The fourth-order valence-electron chi connectivity index (χ4n) is 9.18. The lowest BCUT2D eigenvalue weighted by molar-refractivity contribution is -0.156. The van der Waals surface area contributed by atoms with Gasteiger partial charge in [0.25, 0.3) is 5.91 Å². The molecule has 0 spiro atoms. The largest absolute Gasteiger partial charge is 0.464 e. The molecule has 2 N–H and O–H groups in total. The van der Waals surface area contributed by atoms with Gasteiger partial charge in [0.2, 0.25) is 11.8 Å². The Labute approximate surface area is 355 Å². The highest BCUT2D eigenvalue weighted by atomic mass is 32.1. The molecule has 1 aliphatic carbocycles. The number of pyridine rings is 1. The number of hydrogen-bond donors (Lipinski definition) is 2. The summed E-state index contributed by atoms with van der Waals surface area (Å²) in [6.07, 6.45) is 3.16. The second-order valence-corrected chi connectivity index (χ2v) is 18.3. The number of benzene rings is 1. The number of aromatic nitrogens is 3. The minimum absolute atomic E-state index is 0.00924. The number of hydrogen-bond acceptors (Lipinski definition) is 11. The number of rotatable bonds is 9. The van der Waals surface area contributed by atoms with Crippen LogP contribution in [0.3, 0.4) is 0 Å². The zero-order valence-corrected chi connectivity index (χ0v) is 36.5. The molecule has 14 nitrogen and oxygen atoms in total. The highest BCUT2D eigenvalue weighted by molar-refractivity contribution is 7.10. The summed E-state index contributed by atoms with van der Waals surface area (Å²) >= 11 is 1.37. The van der Waals surface area contributed by atoms with Crippen LogP contribution in [0.15, 0.2) is 41.9 Å². The Hall–Kier alpha value is -4.70. The Kier molecular flexibility index (Phi) is 11.9. The Morgan fingerprint density at radius 3 is 2.63 bits per heavy atom. The first-order valence-electron chi connectivity index (χ1n) is 21.4. The van der Waals surface area contributed by atoms with E-state index in [1.54, 1.807) is 18.2 Å². The fraction of sp³-hybridized carbons (Fsp3) is 0.556. The van der Waals surface area contributed by atoms with E-state index >= 15 is 0 Å². The molecule has 4 aromatic rings. The fourth-order valence-corrected chi connectivity index (χ4v) is 10.1. The monoisotopic (exact) mass is 839 g/mol. The first kappa shape index (κ1) is 42.0. The van der Waals surface area contributed by atoms with E-state index < -0.39 is 47.3 Å². The van der Waals surface area contributed by atoms with Crippen molar-refractivity contribution in [2.24, 2.45) is 23.2 Å². The number of fused-ring (bicyclic) bond motifs is 6. The first-order valence-corrected chi connectivity index (χ1v) is 22.3. The number of likely N-dealkylation sites (tertiary alicyclic amines) is 1. The number of aryl methyl sites for hydroxylation is 1. The summed E-state index contributed by atoms with van der Waals surface area (Å²) in [4.78, 5) is 67.6. The standard InChI is InChI=1S/C45H57N7O7S/c1-8-51-33-16-15-27-21-29(33)30(38(51)28-13-10-17-46-36(28)26(4)57-7)22-45(5,6)24-59-44(56)31-14-11-20-52(49-31)43(55)37(39(58-9-2)41-47-32(27)23-60-41)48-40(53)34-25(3)35(34)42(54)50-18-12-19-50/h10,13,15-17,21,23,25-26,31,34-35,37,39,49H,8-9,11-12,14,18-20,22,24H2,1-7H3,(H,48,53)/t25-,26+,31+,34-,35-,37+,39+/m1/s1. The third kappa shape index (κ3) is 7.85. The molecule has 0 radical (unpaired) electrons. The molecule has 6 bridgehead atoms. The maximum absolute atomic E-state index is 14.7. The van der Waals surface area contributed by atoms with Crippen LogP contribution in [-0.4, -0.2) is 100 Å². The van der Waals surface area contributed by atoms with Gasteiger partial charge in [-0.1, -0.05) is 26.8 Å². The molecule has 3 fully saturated rings. The quantitative estimate of drug-likeness (QED) is 0.196. The summed E-state index contributed by atoms with van der Waals surface area (Å²) < 4.78 is 20.6. The summed E-state index contributed by atoms with van der Waals surface area (Å²) in [5.74, 6) is -2.42. The highest BCUT2D eigenvalue weighted by Gasteiger charge is 2.58. The minimum Gasteiger partial charge on any atom is -0.464 e. The number of hydrazine groups is 1. The van der Waals surface area contributed by atoms with Crippen molar-refractivity contribution in [3.8, 4) is 22.5 Å². The van der Waals surface area contributed by atoms with E-state index in [1.807, 2.05) is 32.2 Å². The van der Waals surface area contributed by atoms with Crippen molar-refractivity contribution in [2.75, 3.05) is 40.0 Å². The summed E-state index contributed by atoms with van der Waals surface area (Å²) in [5.41, 5.74) is 9.26. The second kappa shape index (κ2) is 17.0. The predicted molar refractivity (Wildman–Crippen MR) is 227 cm³/mol. The van der Waals surface area contributed by atoms with Gasteiger partial charge in [-0.3, -0.25) is 29.2 Å². The summed E-state index contributed by atoms with van der Waals surface area (Å²) in [6.45, 7) is 14.9. The van der Waals surface area contributed by atoms with Gasteiger partial charge in [-0.15, -0.1) is 11.3 Å². The lowest BCUT2D eigenvalue weighted by Crippen LogP contribution is -2.61. The van der Waals surface area contributed by atoms with Crippen molar-refractivity contribution in [3.63, 3.8) is 0 Å². The van der Waals surface area contributed by atoms with E-state index in [0.717, 1.165) is 45.4 Å². The van der Waals surface area contributed by atoms with Crippen molar-refractivity contribution in [1.29, 1.82) is 0 Å². The van der Waals surface area contributed by atoms with Gasteiger partial charge < -0.3 is 29.0 Å². The van der Waals surface area contributed by atoms with Crippen LogP contribution in [0.2, 0.25) is 0 Å². The molecule has 6 heterocycles. The average Bonchev–Trinajstić information content (AvgIpc) is 3.52. The molecular formula is C45H57N7O7S. The molecule has 3 aliphatic heterocycles. The average molecular weight is 840 g/mol. The molecule has 2 saturated heterocycles. The zero-order valence-electron chi connectivity index (χ0n) is 35.7. The number of carbonyl (C=O) groups excluding carboxylic acids is 4. The van der Waals surface area contributed by atoms with Crippen molar-refractivity contribution in [1.82, 2.24) is 35.2 Å². The topological polar surface area (TPSA) is 157 Å². The Balaban J connectivity index is 1.24. The molecule has 60 heavy (non-hydrogen) atoms. The Morgan fingerprint density at radius 2 is 1.92 bits per heavy atom. The number of esters is 1. The Morgan fingerprint density at radius 1 is 1.12 bits per heavy atom.